The molecule has 0 aliphatic carbocycles. The fourth-order valence-corrected chi connectivity index (χ4v) is 5.03. The van der Waals surface area contributed by atoms with Crippen molar-refractivity contribution in [2.24, 2.45) is 5.92 Å². The van der Waals surface area contributed by atoms with Gasteiger partial charge in [0.15, 0.2) is 0 Å². The van der Waals surface area contributed by atoms with Crippen LogP contribution >= 0.6 is 0 Å². The van der Waals surface area contributed by atoms with Crippen LogP contribution in [0, 0.1) is 5.92 Å². The maximum atomic E-state index is 13.0. The molecule has 2 aliphatic heterocycles. The number of hydrogen-bond donors (Lipinski definition) is 1. The third kappa shape index (κ3) is 5.15. The van der Waals surface area contributed by atoms with Crippen LogP contribution in [0.3, 0.4) is 0 Å². The molecule has 3 aromatic rings. The lowest BCUT2D eigenvalue weighted by atomic mass is 10.0. The molecule has 1 saturated heterocycles. The molecule has 1 N–H and O–H groups in total. The van der Waals surface area contributed by atoms with Crippen LogP contribution < -0.4 is 10.2 Å². The van der Waals surface area contributed by atoms with E-state index in [1.807, 2.05) is 23.1 Å². The summed E-state index contributed by atoms with van der Waals surface area (Å²) >= 11 is 0. The van der Waals surface area contributed by atoms with Crippen LogP contribution in [0.15, 0.2) is 42.5 Å². The number of carbonyl (C=O) groups is 1. The van der Waals surface area contributed by atoms with Crippen LogP contribution in [-0.2, 0) is 19.1 Å². The summed E-state index contributed by atoms with van der Waals surface area (Å²) in [7, 11) is 0. The van der Waals surface area contributed by atoms with Gasteiger partial charge in [0, 0.05) is 63.5 Å². The average Bonchev–Trinajstić information content (AvgIpc) is 3.20. The first-order valence-electron chi connectivity index (χ1n) is 12.2. The molecule has 3 heterocycles. The van der Waals surface area contributed by atoms with Crippen molar-refractivity contribution in [1.82, 2.24) is 19.8 Å². The monoisotopic (exact) mass is 485 g/mol. The zero-order valence-electron chi connectivity index (χ0n) is 19.8. The Bertz CT molecular complexity index is 1210. The number of halogens is 3. The zero-order valence-corrected chi connectivity index (χ0v) is 19.8. The summed E-state index contributed by atoms with van der Waals surface area (Å²) in [4.78, 5) is 21.7. The highest BCUT2D eigenvalue weighted by atomic mass is 19.4. The van der Waals surface area contributed by atoms with Gasteiger partial charge < -0.3 is 14.8 Å². The lowest BCUT2D eigenvalue weighted by Crippen LogP contribution is -2.48. The van der Waals surface area contributed by atoms with Crippen molar-refractivity contribution in [2.75, 3.05) is 44.2 Å². The van der Waals surface area contributed by atoms with Gasteiger partial charge in [-0.3, -0.25) is 9.69 Å². The molecule has 5 rings (SSSR count). The number of fused-ring (bicyclic) bond motifs is 3. The number of hydrogen-bond acceptors (Lipinski definition) is 4. The summed E-state index contributed by atoms with van der Waals surface area (Å²) < 4.78 is 41.3. The second kappa shape index (κ2) is 9.53. The lowest BCUT2D eigenvalue weighted by molar-refractivity contribution is -0.137. The Kier molecular flexibility index (Phi) is 6.44. The van der Waals surface area contributed by atoms with Crippen molar-refractivity contribution in [1.29, 1.82) is 0 Å². The molecule has 6 nitrogen and oxygen atoms in total. The molecule has 2 aliphatic rings. The van der Waals surface area contributed by atoms with Gasteiger partial charge in [0.05, 0.1) is 16.6 Å². The van der Waals surface area contributed by atoms with Gasteiger partial charge in [-0.25, -0.2) is 4.98 Å². The zero-order chi connectivity index (χ0) is 24.6. The highest BCUT2D eigenvalue weighted by Crippen LogP contribution is 2.32. The molecular weight excluding hydrogens is 455 g/mol. The van der Waals surface area contributed by atoms with Gasteiger partial charge in [-0.2, -0.15) is 13.2 Å². The normalized spacial score (nSPS) is 19.1. The smallest absolute Gasteiger partial charge is 0.369 e. The first kappa shape index (κ1) is 23.7. The van der Waals surface area contributed by atoms with Gasteiger partial charge in [0.1, 0.15) is 5.82 Å². The molecule has 186 valence electrons. The van der Waals surface area contributed by atoms with Crippen LogP contribution in [0.1, 0.15) is 35.1 Å². The molecule has 1 fully saturated rings. The van der Waals surface area contributed by atoms with E-state index >= 15 is 0 Å². The van der Waals surface area contributed by atoms with Crippen molar-refractivity contribution in [3.63, 3.8) is 0 Å². The van der Waals surface area contributed by atoms with Gasteiger partial charge in [0.25, 0.3) is 5.91 Å². The molecule has 0 radical (unpaired) electrons. The number of alkyl halides is 3. The summed E-state index contributed by atoms with van der Waals surface area (Å²) in [5.41, 5.74) is 2.53. The Morgan fingerprint density at radius 3 is 2.66 bits per heavy atom. The SMILES string of the molecule is C[C@@H]1CCn2c(nc3cc(C(=O)NCCN4CCN(c5cccc(C(F)(F)F)c5)CC4)ccc32)C1. The lowest BCUT2D eigenvalue weighted by Gasteiger charge is -2.36. The number of rotatable bonds is 5. The minimum absolute atomic E-state index is 0.117. The number of nitrogens with one attached hydrogen (secondary N) is 1. The maximum absolute atomic E-state index is 13.0. The van der Waals surface area contributed by atoms with Crippen molar-refractivity contribution >= 4 is 22.6 Å². The van der Waals surface area contributed by atoms with Crippen molar-refractivity contribution in [3.05, 3.63) is 59.4 Å². The van der Waals surface area contributed by atoms with Crippen LogP contribution in [-0.4, -0.2) is 59.6 Å². The molecular formula is C26H30F3N5O. The van der Waals surface area contributed by atoms with Crippen LogP contribution in [0.2, 0.25) is 0 Å². The van der Waals surface area contributed by atoms with Crippen LogP contribution in [0.4, 0.5) is 18.9 Å². The van der Waals surface area contributed by atoms with Gasteiger partial charge in [-0.1, -0.05) is 13.0 Å². The predicted octanol–water partition coefficient (Wildman–Crippen LogP) is 4.19. The van der Waals surface area contributed by atoms with Crippen molar-refractivity contribution < 1.29 is 18.0 Å². The molecule has 0 saturated carbocycles. The van der Waals surface area contributed by atoms with E-state index in [9.17, 15) is 18.0 Å². The summed E-state index contributed by atoms with van der Waals surface area (Å²) in [6.45, 7) is 7.18. The minimum Gasteiger partial charge on any atom is -0.369 e. The Labute approximate surface area is 202 Å². The fraction of sp³-hybridized carbons (Fsp3) is 0.462. The van der Waals surface area contributed by atoms with Gasteiger partial charge in [-0.05, 0) is 48.7 Å². The van der Waals surface area contributed by atoms with Crippen molar-refractivity contribution in [3.8, 4) is 0 Å². The topological polar surface area (TPSA) is 53.4 Å². The first-order valence-corrected chi connectivity index (χ1v) is 12.2. The number of aryl methyl sites for hydroxylation is 1. The van der Waals surface area contributed by atoms with Crippen LogP contribution in [0.25, 0.3) is 11.0 Å². The van der Waals surface area contributed by atoms with E-state index in [2.05, 4.69) is 21.7 Å². The third-order valence-electron chi connectivity index (χ3n) is 7.09. The summed E-state index contributed by atoms with van der Waals surface area (Å²) in [5.74, 6) is 1.61. The molecule has 1 aromatic heterocycles. The average molecular weight is 486 g/mol. The highest BCUT2D eigenvalue weighted by Gasteiger charge is 2.31. The van der Waals surface area contributed by atoms with E-state index in [4.69, 9.17) is 4.98 Å². The molecule has 9 heteroatoms. The molecule has 0 unspecified atom stereocenters. The number of piperazine rings is 1. The number of amides is 1. The molecule has 1 amide bonds. The quantitative estimate of drug-likeness (QED) is 0.589. The summed E-state index contributed by atoms with van der Waals surface area (Å²) in [6.07, 6.45) is -2.22. The fourth-order valence-electron chi connectivity index (χ4n) is 5.03. The molecule has 2 aromatic carbocycles. The molecule has 0 bridgehead atoms. The number of aromatic nitrogens is 2. The molecule has 0 spiro atoms. The molecule has 1 atom stereocenters. The number of carbonyl (C=O) groups excluding carboxylic acids is 1. The maximum Gasteiger partial charge on any atom is 0.416 e. The second-order valence-electron chi connectivity index (χ2n) is 9.61. The van der Waals surface area contributed by atoms with Gasteiger partial charge in [-0.15, -0.1) is 0 Å². The second-order valence-corrected chi connectivity index (χ2v) is 9.61. The summed E-state index contributed by atoms with van der Waals surface area (Å²) in [6, 6.07) is 11.2. The Morgan fingerprint density at radius 1 is 1.09 bits per heavy atom. The van der Waals surface area contributed by atoms with E-state index in [0.29, 0.717) is 43.3 Å². The van der Waals surface area contributed by atoms with Crippen LogP contribution in [0.5, 0.6) is 0 Å². The number of anilines is 1. The van der Waals surface area contributed by atoms with E-state index in [1.165, 1.54) is 12.1 Å². The number of nitrogens with zero attached hydrogens (tertiary/aromatic N) is 4. The first-order chi connectivity index (χ1) is 16.8. The third-order valence-corrected chi connectivity index (χ3v) is 7.09. The van der Waals surface area contributed by atoms with Gasteiger partial charge in [0.2, 0.25) is 0 Å². The Hall–Kier alpha value is -3.07. The number of benzene rings is 2. The van der Waals surface area contributed by atoms with E-state index in [1.54, 1.807) is 6.07 Å². The Balaban J connectivity index is 1.12. The van der Waals surface area contributed by atoms with Gasteiger partial charge >= 0.3 is 6.18 Å². The predicted molar refractivity (Wildman–Crippen MR) is 130 cm³/mol. The number of imidazole rings is 1. The minimum atomic E-state index is -4.34. The van der Waals surface area contributed by atoms with E-state index in [0.717, 1.165) is 55.4 Å². The van der Waals surface area contributed by atoms with E-state index in [-0.39, 0.29) is 5.91 Å². The largest absolute Gasteiger partial charge is 0.416 e. The Morgan fingerprint density at radius 2 is 1.89 bits per heavy atom. The summed E-state index contributed by atoms with van der Waals surface area (Å²) in [5, 5.41) is 2.99. The highest BCUT2D eigenvalue weighted by molar-refractivity contribution is 5.97. The standard InChI is InChI=1S/C26H30F3N5O/c1-18-7-9-34-23-6-5-19(16-22(23)31-24(34)15-18)25(35)30-8-10-32-11-13-33(14-12-32)21-4-2-3-20(17-21)26(27,28)29/h2-6,16-18H,7-15H2,1H3,(H,30,35)/t18-/m1/s1. The van der Waals surface area contributed by atoms with Crippen molar-refractivity contribution in [2.45, 2.75) is 32.5 Å². The molecule has 35 heavy (non-hydrogen) atoms. The van der Waals surface area contributed by atoms with E-state index < -0.39 is 11.7 Å².